The van der Waals surface area contributed by atoms with Crippen molar-refractivity contribution in [1.29, 1.82) is 0 Å². The van der Waals surface area contributed by atoms with Gasteiger partial charge in [-0.2, -0.15) is 4.98 Å². The number of nitrogens with zero attached hydrogens (tertiary/aromatic N) is 3. The first-order valence-electron chi connectivity index (χ1n) is 8.61. The summed E-state index contributed by atoms with van der Waals surface area (Å²) in [6.07, 6.45) is -0.132. The van der Waals surface area contributed by atoms with Crippen molar-refractivity contribution >= 4 is 46.7 Å². The van der Waals surface area contributed by atoms with E-state index in [2.05, 4.69) is 20.7 Å². The van der Waals surface area contributed by atoms with Crippen LogP contribution in [0.3, 0.4) is 0 Å². The summed E-state index contributed by atoms with van der Waals surface area (Å²) in [5.41, 5.74) is 1.14. The van der Waals surface area contributed by atoms with Crippen LogP contribution in [0.25, 0.3) is 11.4 Å². The number of ether oxygens (including phenoxy) is 1. The smallest absolute Gasteiger partial charge is 0.252 e. The van der Waals surface area contributed by atoms with Crippen molar-refractivity contribution in [2.24, 2.45) is 0 Å². The summed E-state index contributed by atoms with van der Waals surface area (Å²) in [5, 5.41) is 10.5. The van der Waals surface area contributed by atoms with Crippen molar-refractivity contribution in [2.45, 2.75) is 12.5 Å². The molecule has 2 heterocycles. The van der Waals surface area contributed by atoms with Gasteiger partial charge in [0.15, 0.2) is 5.82 Å². The Morgan fingerprint density at radius 2 is 2.00 bits per heavy atom. The number of fused-ring (bicyclic) bond motifs is 1. The molecule has 10 heteroatoms. The van der Waals surface area contributed by atoms with Crippen LogP contribution in [0.4, 0.5) is 11.6 Å². The van der Waals surface area contributed by atoms with Gasteiger partial charge >= 0.3 is 0 Å². The second-order valence-electron chi connectivity index (χ2n) is 6.31. The summed E-state index contributed by atoms with van der Waals surface area (Å²) in [6, 6.07) is 11.1. The van der Waals surface area contributed by atoms with Gasteiger partial charge in [-0.05, 0) is 42.5 Å². The molecular formula is C19H15Cl2N5O3. The predicted octanol–water partition coefficient (Wildman–Crippen LogP) is 3.78. The van der Waals surface area contributed by atoms with E-state index < -0.39 is 11.9 Å². The van der Waals surface area contributed by atoms with Crippen LogP contribution in [0.1, 0.15) is 12.5 Å². The highest BCUT2D eigenvalue weighted by atomic mass is 35.5. The maximum atomic E-state index is 12.5. The first-order chi connectivity index (χ1) is 13.9. The Morgan fingerprint density at radius 3 is 2.72 bits per heavy atom. The molecule has 2 N–H and O–H groups in total. The molecule has 2 amide bonds. The van der Waals surface area contributed by atoms with Gasteiger partial charge in [-0.1, -0.05) is 23.2 Å². The summed E-state index contributed by atoms with van der Waals surface area (Å²) in [5.74, 6) is 0.686. The number of aromatic nitrogens is 3. The van der Waals surface area contributed by atoms with Gasteiger partial charge < -0.3 is 10.1 Å². The van der Waals surface area contributed by atoms with Gasteiger partial charge in [0.2, 0.25) is 11.9 Å². The van der Waals surface area contributed by atoms with Crippen LogP contribution in [-0.4, -0.2) is 33.7 Å². The number of hydrogen-bond acceptors (Lipinski definition) is 5. The van der Waals surface area contributed by atoms with Crippen LogP contribution in [0.15, 0.2) is 42.5 Å². The molecule has 0 unspecified atom stereocenters. The molecule has 1 aliphatic heterocycles. The standard InChI is InChI=1S/C19H15Cl2N5O3/c1-29-12-5-2-10(3-6-12)17-23-19-24-18(28)15(26(19)25-17)9-16(27)22-14-8-11(20)4-7-13(14)21/h2-8,15H,9H2,1H3,(H,22,27)(H,23,24,25,28)/t15-/m0/s1. The lowest BCUT2D eigenvalue weighted by molar-refractivity contribution is -0.123. The largest absolute Gasteiger partial charge is 0.497 e. The van der Waals surface area contributed by atoms with E-state index in [0.717, 1.165) is 5.56 Å². The van der Waals surface area contributed by atoms with Gasteiger partial charge in [0.25, 0.3) is 5.91 Å². The molecule has 1 aliphatic rings. The molecular weight excluding hydrogens is 417 g/mol. The molecule has 0 bridgehead atoms. The van der Waals surface area contributed by atoms with E-state index in [1.807, 2.05) is 12.1 Å². The number of anilines is 2. The number of carbonyl (C=O) groups is 2. The molecule has 2 aromatic carbocycles. The third-order valence-corrected chi connectivity index (χ3v) is 4.96. The van der Waals surface area contributed by atoms with E-state index in [1.54, 1.807) is 37.4 Å². The van der Waals surface area contributed by atoms with Crippen LogP contribution >= 0.6 is 23.2 Å². The number of methoxy groups -OCH3 is 1. The molecule has 3 aromatic rings. The molecule has 0 saturated heterocycles. The summed E-state index contributed by atoms with van der Waals surface area (Å²) < 4.78 is 6.56. The summed E-state index contributed by atoms with van der Waals surface area (Å²) >= 11 is 12.0. The first-order valence-corrected chi connectivity index (χ1v) is 9.37. The van der Waals surface area contributed by atoms with Crippen LogP contribution in [-0.2, 0) is 9.59 Å². The average Bonchev–Trinajstić information content (AvgIpc) is 3.23. The lowest BCUT2D eigenvalue weighted by Gasteiger charge is -2.11. The van der Waals surface area contributed by atoms with E-state index in [1.165, 1.54) is 4.68 Å². The molecule has 0 radical (unpaired) electrons. The van der Waals surface area contributed by atoms with E-state index in [4.69, 9.17) is 27.9 Å². The number of hydrogen-bond donors (Lipinski definition) is 2. The Labute approximate surface area is 175 Å². The van der Waals surface area contributed by atoms with Crippen molar-refractivity contribution in [3.8, 4) is 17.1 Å². The minimum absolute atomic E-state index is 0.132. The lowest BCUT2D eigenvalue weighted by Crippen LogP contribution is -2.23. The maximum absolute atomic E-state index is 12.5. The Bertz CT molecular complexity index is 1100. The SMILES string of the molecule is COc1ccc(-c2nc3n(n2)[C@@H](CC(=O)Nc2cc(Cl)ccc2Cl)C(=O)N3)cc1. The molecule has 8 nitrogen and oxygen atoms in total. The minimum atomic E-state index is -0.817. The Kier molecular flexibility index (Phi) is 5.12. The molecule has 0 aliphatic carbocycles. The molecule has 1 aromatic heterocycles. The Hall–Kier alpha value is -3.10. The number of benzene rings is 2. The average molecular weight is 432 g/mol. The number of carbonyl (C=O) groups excluding carboxylic acids is 2. The first kappa shape index (κ1) is 19.2. The Morgan fingerprint density at radius 1 is 1.24 bits per heavy atom. The van der Waals surface area contributed by atoms with Crippen LogP contribution in [0.5, 0.6) is 5.75 Å². The fourth-order valence-corrected chi connectivity index (χ4v) is 3.28. The number of halogens is 2. The van der Waals surface area contributed by atoms with Gasteiger partial charge in [-0.25, -0.2) is 4.68 Å². The van der Waals surface area contributed by atoms with E-state index in [9.17, 15) is 9.59 Å². The fourth-order valence-electron chi connectivity index (χ4n) is 2.94. The van der Waals surface area contributed by atoms with Crippen molar-refractivity contribution in [2.75, 3.05) is 17.7 Å². The van der Waals surface area contributed by atoms with E-state index in [-0.39, 0.29) is 12.3 Å². The van der Waals surface area contributed by atoms with E-state index in [0.29, 0.717) is 33.3 Å². The molecule has 0 spiro atoms. The second kappa shape index (κ2) is 7.73. The third kappa shape index (κ3) is 3.90. The van der Waals surface area contributed by atoms with Crippen LogP contribution < -0.4 is 15.4 Å². The summed E-state index contributed by atoms with van der Waals surface area (Å²) in [4.78, 5) is 29.1. The van der Waals surface area contributed by atoms with Crippen LogP contribution in [0, 0.1) is 0 Å². The number of rotatable bonds is 5. The molecule has 148 valence electrons. The Balaban J connectivity index is 1.52. The molecule has 4 rings (SSSR count). The van der Waals surface area contributed by atoms with Gasteiger partial charge in [0.05, 0.1) is 24.2 Å². The summed E-state index contributed by atoms with van der Waals surface area (Å²) in [6.45, 7) is 0. The van der Waals surface area contributed by atoms with Crippen molar-refractivity contribution in [3.05, 3.63) is 52.5 Å². The predicted molar refractivity (Wildman–Crippen MR) is 109 cm³/mol. The minimum Gasteiger partial charge on any atom is -0.497 e. The zero-order valence-electron chi connectivity index (χ0n) is 15.1. The van der Waals surface area contributed by atoms with Crippen molar-refractivity contribution in [1.82, 2.24) is 14.8 Å². The van der Waals surface area contributed by atoms with Gasteiger partial charge in [0, 0.05) is 10.6 Å². The van der Waals surface area contributed by atoms with Gasteiger partial charge in [-0.15, -0.1) is 5.10 Å². The third-order valence-electron chi connectivity index (χ3n) is 4.39. The van der Waals surface area contributed by atoms with Gasteiger partial charge in [-0.3, -0.25) is 14.9 Å². The zero-order chi connectivity index (χ0) is 20.5. The van der Waals surface area contributed by atoms with Crippen molar-refractivity contribution in [3.63, 3.8) is 0 Å². The highest BCUT2D eigenvalue weighted by Crippen LogP contribution is 2.30. The molecule has 1 atom stereocenters. The fraction of sp³-hybridized carbons (Fsp3) is 0.158. The monoisotopic (exact) mass is 431 g/mol. The topological polar surface area (TPSA) is 98.1 Å². The van der Waals surface area contributed by atoms with Crippen LogP contribution in [0.2, 0.25) is 10.0 Å². The molecule has 0 fully saturated rings. The summed E-state index contributed by atoms with van der Waals surface area (Å²) in [7, 11) is 1.58. The quantitative estimate of drug-likeness (QED) is 0.640. The van der Waals surface area contributed by atoms with E-state index >= 15 is 0 Å². The zero-order valence-corrected chi connectivity index (χ0v) is 16.7. The normalized spacial score (nSPS) is 15.0. The van der Waals surface area contributed by atoms with Crippen molar-refractivity contribution < 1.29 is 14.3 Å². The second-order valence-corrected chi connectivity index (χ2v) is 7.16. The number of amides is 2. The molecule has 29 heavy (non-hydrogen) atoms. The maximum Gasteiger partial charge on any atom is 0.252 e. The highest BCUT2D eigenvalue weighted by molar-refractivity contribution is 6.35. The number of nitrogens with one attached hydrogen (secondary N) is 2. The van der Waals surface area contributed by atoms with Gasteiger partial charge in [0.1, 0.15) is 11.8 Å². The highest BCUT2D eigenvalue weighted by Gasteiger charge is 2.35. The molecule has 0 saturated carbocycles. The lowest BCUT2D eigenvalue weighted by atomic mass is 10.2.